The number of guanidine groups is 1. The molecule has 1 amide bonds. The van der Waals surface area contributed by atoms with E-state index in [4.69, 9.17) is 0 Å². The number of para-hydroxylation sites is 1. The summed E-state index contributed by atoms with van der Waals surface area (Å²) in [7, 11) is 0. The number of amides is 1. The van der Waals surface area contributed by atoms with Crippen molar-refractivity contribution in [3.8, 4) is 0 Å². The summed E-state index contributed by atoms with van der Waals surface area (Å²) in [6.45, 7) is 5.50. The van der Waals surface area contributed by atoms with Crippen molar-refractivity contribution in [2.75, 3.05) is 31.1 Å². The minimum absolute atomic E-state index is 0.0191. The second kappa shape index (κ2) is 9.21. The van der Waals surface area contributed by atoms with E-state index in [1.165, 1.54) is 16.9 Å². The molecule has 2 heterocycles. The van der Waals surface area contributed by atoms with Crippen molar-refractivity contribution in [3.05, 3.63) is 52.2 Å². The molecule has 0 bridgehead atoms. The third-order valence-corrected chi connectivity index (χ3v) is 5.90. The molecular formula is C21H28N4O2S. The van der Waals surface area contributed by atoms with Crippen LogP contribution in [-0.4, -0.2) is 43.2 Å². The first-order valence-electron chi connectivity index (χ1n) is 9.68. The third kappa shape index (κ3) is 4.91. The van der Waals surface area contributed by atoms with Crippen molar-refractivity contribution in [1.29, 1.82) is 0 Å². The maximum absolute atomic E-state index is 12.8. The average Bonchev–Trinajstić information content (AvgIpc) is 3.25. The van der Waals surface area contributed by atoms with E-state index in [2.05, 4.69) is 21.7 Å². The van der Waals surface area contributed by atoms with E-state index in [9.17, 15) is 9.90 Å². The summed E-state index contributed by atoms with van der Waals surface area (Å²) < 4.78 is 0. The number of carbonyl (C=O) groups is 1. The Hall–Kier alpha value is -2.38. The summed E-state index contributed by atoms with van der Waals surface area (Å²) in [6.07, 6.45) is 1.97. The highest BCUT2D eigenvalue weighted by atomic mass is 32.1. The molecule has 3 rings (SSSR count). The van der Waals surface area contributed by atoms with Gasteiger partial charge in [0.1, 0.15) is 12.1 Å². The van der Waals surface area contributed by atoms with Crippen LogP contribution in [0.25, 0.3) is 0 Å². The number of rotatable bonds is 6. The van der Waals surface area contributed by atoms with Crippen LogP contribution in [0.15, 0.2) is 46.8 Å². The van der Waals surface area contributed by atoms with E-state index >= 15 is 0 Å². The Bertz CT molecular complexity index is 818. The predicted molar refractivity (Wildman–Crippen MR) is 115 cm³/mol. The van der Waals surface area contributed by atoms with Gasteiger partial charge in [0.25, 0.3) is 0 Å². The first-order chi connectivity index (χ1) is 13.5. The molecule has 1 aromatic carbocycles. The molecule has 0 radical (unpaired) electrons. The van der Waals surface area contributed by atoms with Gasteiger partial charge in [-0.15, -0.1) is 11.3 Å². The molecule has 1 unspecified atom stereocenters. The molecule has 0 saturated carbocycles. The summed E-state index contributed by atoms with van der Waals surface area (Å²) in [5.41, 5.74) is 1.20. The lowest BCUT2D eigenvalue weighted by atomic mass is 10.0. The number of thiophene rings is 1. The van der Waals surface area contributed by atoms with Crippen molar-refractivity contribution in [2.24, 2.45) is 4.99 Å². The van der Waals surface area contributed by atoms with E-state index in [-0.39, 0.29) is 12.5 Å². The summed E-state index contributed by atoms with van der Waals surface area (Å²) in [4.78, 5) is 19.9. The number of anilines is 1. The zero-order valence-corrected chi connectivity index (χ0v) is 17.3. The maximum atomic E-state index is 12.8. The van der Waals surface area contributed by atoms with E-state index in [1.54, 1.807) is 6.92 Å². The normalized spacial score (nSPS) is 16.2. The smallest absolute Gasteiger partial charge is 0.248 e. The molecule has 6 nitrogen and oxygen atoms in total. The number of carbonyl (C=O) groups excluding carboxylic acids is 1. The highest BCUT2D eigenvalue weighted by Crippen LogP contribution is 2.27. The van der Waals surface area contributed by atoms with Crippen LogP contribution >= 0.6 is 11.3 Å². The molecule has 0 saturated heterocycles. The summed E-state index contributed by atoms with van der Waals surface area (Å²) in [6, 6.07) is 11.9. The van der Waals surface area contributed by atoms with Crippen molar-refractivity contribution in [3.63, 3.8) is 0 Å². The SMILES string of the molecule is CCNC(=NCC(=O)N1CCCc2ccccc21)NCC(C)(O)c1cccs1. The van der Waals surface area contributed by atoms with Gasteiger partial charge in [-0.05, 0) is 49.8 Å². The van der Waals surface area contributed by atoms with Crippen LogP contribution in [0, 0.1) is 0 Å². The average molecular weight is 401 g/mol. The summed E-state index contributed by atoms with van der Waals surface area (Å²) in [5.74, 6) is 0.507. The molecule has 7 heteroatoms. The number of hydrogen-bond acceptors (Lipinski definition) is 4. The highest BCUT2D eigenvalue weighted by molar-refractivity contribution is 7.10. The minimum Gasteiger partial charge on any atom is -0.383 e. The third-order valence-electron chi connectivity index (χ3n) is 4.78. The molecule has 0 fully saturated rings. The lowest BCUT2D eigenvalue weighted by Gasteiger charge is -2.29. The van der Waals surface area contributed by atoms with Crippen molar-refractivity contribution in [1.82, 2.24) is 10.6 Å². The molecular weight excluding hydrogens is 372 g/mol. The second-order valence-electron chi connectivity index (χ2n) is 7.08. The largest absolute Gasteiger partial charge is 0.383 e. The zero-order chi connectivity index (χ0) is 20.0. The van der Waals surface area contributed by atoms with Gasteiger partial charge in [0, 0.05) is 23.7 Å². The van der Waals surface area contributed by atoms with Gasteiger partial charge in [0.05, 0.1) is 6.54 Å². The highest BCUT2D eigenvalue weighted by Gasteiger charge is 2.25. The Balaban J connectivity index is 1.64. The van der Waals surface area contributed by atoms with E-state index < -0.39 is 5.60 Å². The first-order valence-corrected chi connectivity index (χ1v) is 10.6. The topological polar surface area (TPSA) is 77.0 Å². The quantitative estimate of drug-likeness (QED) is 0.514. The summed E-state index contributed by atoms with van der Waals surface area (Å²) in [5, 5.41) is 18.9. The fourth-order valence-corrected chi connectivity index (χ4v) is 4.08. The number of aryl methyl sites for hydroxylation is 1. The van der Waals surface area contributed by atoms with Gasteiger partial charge >= 0.3 is 0 Å². The Morgan fingerprint density at radius 1 is 1.29 bits per heavy atom. The van der Waals surface area contributed by atoms with E-state index in [1.807, 2.05) is 47.5 Å². The van der Waals surface area contributed by atoms with Crippen LogP contribution in [0.3, 0.4) is 0 Å². The van der Waals surface area contributed by atoms with Gasteiger partial charge in [0.2, 0.25) is 5.91 Å². The molecule has 1 atom stereocenters. The van der Waals surface area contributed by atoms with Crippen LogP contribution in [-0.2, 0) is 16.8 Å². The zero-order valence-electron chi connectivity index (χ0n) is 16.4. The fraction of sp³-hybridized carbons (Fsp3) is 0.429. The number of benzene rings is 1. The Morgan fingerprint density at radius 2 is 2.11 bits per heavy atom. The monoisotopic (exact) mass is 400 g/mol. The number of hydrogen-bond donors (Lipinski definition) is 3. The Labute approximate surface area is 170 Å². The molecule has 0 aliphatic carbocycles. The van der Waals surface area contributed by atoms with Crippen molar-refractivity contribution < 1.29 is 9.90 Å². The van der Waals surface area contributed by atoms with E-state index in [0.29, 0.717) is 19.0 Å². The number of nitrogens with one attached hydrogen (secondary N) is 2. The van der Waals surface area contributed by atoms with Gasteiger partial charge in [0.15, 0.2) is 5.96 Å². The predicted octanol–water partition coefficient (Wildman–Crippen LogP) is 2.49. The first kappa shape index (κ1) is 20.4. The molecule has 1 aliphatic heterocycles. The van der Waals surface area contributed by atoms with Crippen LogP contribution in [0.5, 0.6) is 0 Å². The number of aliphatic imine (C=N–C) groups is 1. The van der Waals surface area contributed by atoms with Crippen LogP contribution < -0.4 is 15.5 Å². The standard InChI is InChI=1S/C21H28N4O2S/c1-3-22-20(24-15-21(2,27)18-11-7-13-28-18)23-14-19(26)25-12-6-9-16-8-4-5-10-17(16)25/h4-5,7-8,10-11,13,27H,3,6,9,12,14-15H2,1-2H3,(H2,22,23,24). The van der Waals surface area contributed by atoms with Gasteiger partial charge in [-0.3, -0.25) is 4.79 Å². The molecule has 150 valence electrons. The molecule has 2 aromatic rings. The number of aliphatic hydroxyl groups is 1. The van der Waals surface area contributed by atoms with Crippen molar-refractivity contribution >= 4 is 28.9 Å². The Kier molecular flexibility index (Phi) is 6.70. The van der Waals surface area contributed by atoms with Gasteiger partial charge < -0.3 is 20.6 Å². The fourth-order valence-electron chi connectivity index (χ4n) is 3.29. The molecule has 0 spiro atoms. The lowest BCUT2D eigenvalue weighted by molar-refractivity contribution is -0.117. The molecule has 1 aliphatic rings. The maximum Gasteiger partial charge on any atom is 0.248 e. The van der Waals surface area contributed by atoms with Crippen LogP contribution in [0.1, 0.15) is 30.7 Å². The van der Waals surface area contributed by atoms with Gasteiger partial charge in [-0.1, -0.05) is 24.3 Å². The molecule has 1 aromatic heterocycles. The second-order valence-corrected chi connectivity index (χ2v) is 8.03. The van der Waals surface area contributed by atoms with Gasteiger partial charge in [-0.2, -0.15) is 0 Å². The molecule has 3 N–H and O–H groups in total. The number of fused-ring (bicyclic) bond motifs is 1. The van der Waals surface area contributed by atoms with Crippen molar-refractivity contribution in [2.45, 2.75) is 32.3 Å². The summed E-state index contributed by atoms with van der Waals surface area (Å²) >= 11 is 1.51. The lowest BCUT2D eigenvalue weighted by Crippen LogP contribution is -2.45. The number of nitrogens with zero attached hydrogens (tertiary/aromatic N) is 2. The van der Waals surface area contributed by atoms with Crippen LogP contribution in [0.4, 0.5) is 5.69 Å². The van der Waals surface area contributed by atoms with E-state index in [0.717, 1.165) is 30.0 Å². The van der Waals surface area contributed by atoms with Crippen LogP contribution in [0.2, 0.25) is 0 Å². The molecule has 28 heavy (non-hydrogen) atoms. The van der Waals surface area contributed by atoms with Gasteiger partial charge in [-0.25, -0.2) is 4.99 Å². The minimum atomic E-state index is -1.000. The Morgan fingerprint density at radius 3 is 2.86 bits per heavy atom.